The van der Waals surface area contributed by atoms with Crippen molar-refractivity contribution in [1.82, 2.24) is 9.88 Å². The van der Waals surface area contributed by atoms with Gasteiger partial charge in [0.25, 0.3) is 0 Å². The number of carbonyl (C=O) groups is 1. The van der Waals surface area contributed by atoms with Gasteiger partial charge in [0.2, 0.25) is 5.91 Å². The maximum absolute atomic E-state index is 12.7. The van der Waals surface area contributed by atoms with Gasteiger partial charge in [-0.3, -0.25) is 9.78 Å². The highest BCUT2D eigenvalue weighted by Gasteiger charge is 2.43. The zero-order chi connectivity index (χ0) is 19.5. The van der Waals surface area contributed by atoms with Crippen molar-refractivity contribution in [3.8, 4) is 5.75 Å². The van der Waals surface area contributed by atoms with E-state index < -0.39 is 6.10 Å². The molecule has 1 saturated heterocycles. The molecule has 2 aromatic rings. The number of benzene rings is 1. The van der Waals surface area contributed by atoms with E-state index in [0.717, 1.165) is 31.5 Å². The zero-order valence-corrected chi connectivity index (χ0v) is 16.5. The molecule has 2 fully saturated rings. The monoisotopic (exact) mass is 400 g/mol. The van der Waals surface area contributed by atoms with E-state index in [-0.39, 0.29) is 12.0 Å². The lowest BCUT2D eigenvalue weighted by Crippen LogP contribution is -2.42. The second-order valence-electron chi connectivity index (χ2n) is 7.83. The van der Waals surface area contributed by atoms with E-state index in [1.165, 1.54) is 0 Å². The predicted octanol–water partition coefficient (Wildman–Crippen LogP) is 3.34. The minimum atomic E-state index is -0.521. The molecule has 2 aliphatic rings. The van der Waals surface area contributed by atoms with Crippen LogP contribution in [0.25, 0.3) is 0 Å². The van der Waals surface area contributed by atoms with Gasteiger partial charge in [0.15, 0.2) is 0 Å². The van der Waals surface area contributed by atoms with E-state index >= 15 is 0 Å². The number of halogens is 1. The first kappa shape index (κ1) is 19.2. The summed E-state index contributed by atoms with van der Waals surface area (Å²) in [6.07, 6.45) is 5.40. The molecule has 1 N–H and O–H groups in total. The number of ether oxygens (including phenoxy) is 1. The minimum absolute atomic E-state index is 0.188. The molecule has 4 atom stereocenters. The summed E-state index contributed by atoms with van der Waals surface area (Å²) in [7, 11) is 0. The van der Waals surface area contributed by atoms with Crippen LogP contribution in [-0.2, 0) is 11.2 Å². The van der Waals surface area contributed by atoms with Gasteiger partial charge in [0.1, 0.15) is 11.9 Å². The molecule has 4 rings (SSSR count). The predicted molar refractivity (Wildman–Crippen MR) is 107 cm³/mol. The van der Waals surface area contributed by atoms with Crippen molar-refractivity contribution >= 4 is 17.5 Å². The standard InChI is InChI=1S/C22H25ClN2O3/c23-18-2-1-3-19(12-18)28-21-11-17-14-25(13-16(17)10-20(21)26)22(27)5-4-15-6-8-24-9-7-15/h1-3,6-9,12,16-17,20-21,26H,4-5,10-11,13-14H2/t16-,17+,20+,21+/m0/s1. The average molecular weight is 401 g/mol. The first-order chi connectivity index (χ1) is 13.6. The van der Waals surface area contributed by atoms with Crippen LogP contribution in [0.5, 0.6) is 5.75 Å². The second kappa shape index (κ2) is 8.50. The summed E-state index contributed by atoms with van der Waals surface area (Å²) in [4.78, 5) is 18.6. The van der Waals surface area contributed by atoms with Gasteiger partial charge in [-0.05, 0) is 67.0 Å². The number of carbonyl (C=O) groups excluding carboxylic acids is 1. The van der Waals surface area contributed by atoms with Crippen LogP contribution in [0.3, 0.4) is 0 Å². The van der Waals surface area contributed by atoms with Gasteiger partial charge in [-0.1, -0.05) is 17.7 Å². The molecule has 28 heavy (non-hydrogen) atoms. The Kier molecular flexibility index (Phi) is 5.83. The molecule has 1 aromatic carbocycles. The van der Waals surface area contributed by atoms with Crippen molar-refractivity contribution in [2.45, 2.75) is 37.9 Å². The lowest BCUT2D eigenvalue weighted by atomic mass is 9.78. The number of hydrogen-bond donors (Lipinski definition) is 1. The van der Waals surface area contributed by atoms with Crippen molar-refractivity contribution < 1.29 is 14.6 Å². The fraction of sp³-hybridized carbons (Fsp3) is 0.455. The van der Waals surface area contributed by atoms with Crippen molar-refractivity contribution in [2.24, 2.45) is 11.8 Å². The highest BCUT2D eigenvalue weighted by atomic mass is 35.5. The van der Waals surface area contributed by atoms with Crippen LogP contribution in [0.1, 0.15) is 24.8 Å². The quantitative estimate of drug-likeness (QED) is 0.836. The second-order valence-corrected chi connectivity index (χ2v) is 8.26. The Morgan fingerprint density at radius 3 is 2.68 bits per heavy atom. The number of rotatable bonds is 5. The van der Waals surface area contributed by atoms with Crippen LogP contribution in [-0.4, -0.2) is 46.2 Å². The number of aliphatic hydroxyl groups excluding tert-OH is 1. The lowest BCUT2D eigenvalue weighted by molar-refractivity contribution is -0.130. The molecule has 1 aliphatic carbocycles. The molecule has 6 heteroatoms. The van der Waals surface area contributed by atoms with Crippen LogP contribution < -0.4 is 4.74 Å². The summed E-state index contributed by atoms with van der Waals surface area (Å²) in [6.45, 7) is 1.49. The van der Waals surface area contributed by atoms with Gasteiger partial charge in [0.05, 0.1) is 6.10 Å². The molecule has 148 valence electrons. The Morgan fingerprint density at radius 1 is 1.18 bits per heavy atom. The molecule has 2 heterocycles. The molecular weight excluding hydrogens is 376 g/mol. The average Bonchev–Trinajstić information content (AvgIpc) is 3.10. The molecule has 1 amide bonds. The molecule has 0 bridgehead atoms. The molecular formula is C22H25ClN2O3. The summed E-state index contributed by atoms with van der Waals surface area (Å²) in [5.41, 5.74) is 1.13. The topological polar surface area (TPSA) is 62.7 Å². The van der Waals surface area contributed by atoms with E-state index in [1.54, 1.807) is 24.5 Å². The Hall–Kier alpha value is -2.11. The minimum Gasteiger partial charge on any atom is -0.488 e. The number of aromatic nitrogens is 1. The molecule has 5 nitrogen and oxygen atoms in total. The summed E-state index contributed by atoms with van der Waals surface area (Å²) in [5.74, 6) is 1.59. The van der Waals surface area contributed by atoms with E-state index in [2.05, 4.69) is 4.98 Å². The molecule has 0 unspecified atom stereocenters. The number of aryl methyl sites for hydroxylation is 1. The first-order valence-corrected chi connectivity index (χ1v) is 10.2. The van der Waals surface area contributed by atoms with E-state index in [4.69, 9.17) is 16.3 Å². The third kappa shape index (κ3) is 4.47. The number of likely N-dealkylation sites (tertiary alicyclic amines) is 1. The maximum atomic E-state index is 12.7. The third-order valence-corrected chi connectivity index (χ3v) is 6.13. The summed E-state index contributed by atoms with van der Waals surface area (Å²) in [5, 5.41) is 11.2. The van der Waals surface area contributed by atoms with Gasteiger partial charge in [-0.25, -0.2) is 0 Å². The fourth-order valence-corrected chi connectivity index (χ4v) is 4.57. The number of fused-ring (bicyclic) bond motifs is 1. The summed E-state index contributed by atoms with van der Waals surface area (Å²) < 4.78 is 6.01. The van der Waals surface area contributed by atoms with Crippen LogP contribution in [0, 0.1) is 11.8 Å². The maximum Gasteiger partial charge on any atom is 0.222 e. The largest absolute Gasteiger partial charge is 0.488 e. The van der Waals surface area contributed by atoms with Crippen molar-refractivity contribution in [3.63, 3.8) is 0 Å². The van der Waals surface area contributed by atoms with Gasteiger partial charge in [-0.15, -0.1) is 0 Å². The Balaban J connectivity index is 1.32. The van der Waals surface area contributed by atoms with Crippen LogP contribution in [0.2, 0.25) is 5.02 Å². The van der Waals surface area contributed by atoms with Gasteiger partial charge in [0, 0.05) is 36.9 Å². The lowest BCUT2D eigenvalue weighted by Gasteiger charge is -2.35. The van der Waals surface area contributed by atoms with E-state index in [1.807, 2.05) is 29.2 Å². The van der Waals surface area contributed by atoms with Gasteiger partial charge < -0.3 is 14.7 Å². The highest BCUT2D eigenvalue weighted by Crippen LogP contribution is 2.38. The number of amides is 1. The Bertz CT molecular complexity index is 816. The van der Waals surface area contributed by atoms with Crippen LogP contribution in [0.15, 0.2) is 48.8 Å². The SMILES string of the molecule is O=C(CCc1ccncc1)N1C[C@H]2C[C@@H](Oc3cccc(Cl)c3)[C@H](O)C[C@H]2C1. The molecule has 1 aromatic heterocycles. The fourth-order valence-electron chi connectivity index (χ4n) is 4.39. The number of aliphatic hydroxyl groups is 1. The molecule has 0 spiro atoms. The van der Waals surface area contributed by atoms with Crippen molar-refractivity contribution in [2.75, 3.05) is 13.1 Å². The molecule has 1 aliphatic heterocycles. The number of nitrogens with zero attached hydrogens (tertiary/aromatic N) is 2. The van der Waals surface area contributed by atoms with Crippen molar-refractivity contribution in [1.29, 1.82) is 0 Å². The summed E-state index contributed by atoms with van der Waals surface area (Å²) in [6, 6.07) is 11.2. The van der Waals surface area contributed by atoms with Gasteiger partial charge >= 0.3 is 0 Å². The van der Waals surface area contributed by atoms with Gasteiger partial charge in [-0.2, -0.15) is 0 Å². The summed E-state index contributed by atoms with van der Waals surface area (Å²) >= 11 is 6.03. The zero-order valence-electron chi connectivity index (χ0n) is 15.7. The van der Waals surface area contributed by atoms with E-state index in [9.17, 15) is 9.90 Å². The van der Waals surface area contributed by atoms with Crippen LogP contribution >= 0.6 is 11.6 Å². The number of pyridine rings is 1. The van der Waals surface area contributed by atoms with Crippen molar-refractivity contribution in [3.05, 3.63) is 59.4 Å². The molecule has 1 saturated carbocycles. The first-order valence-electron chi connectivity index (χ1n) is 9.85. The molecule has 0 radical (unpaired) electrons. The smallest absolute Gasteiger partial charge is 0.222 e. The number of hydrogen-bond acceptors (Lipinski definition) is 4. The Labute approximate surface area is 170 Å². The van der Waals surface area contributed by atoms with Crippen LogP contribution in [0.4, 0.5) is 0 Å². The highest BCUT2D eigenvalue weighted by molar-refractivity contribution is 6.30. The van der Waals surface area contributed by atoms with E-state index in [0.29, 0.717) is 35.4 Å². The Morgan fingerprint density at radius 2 is 1.93 bits per heavy atom. The third-order valence-electron chi connectivity index (χ3n) is 5.90. The normalized spacial score (nSPS) is 26.7.